The van der Waals surface area contributed by atoms with Gasteiger partial charge in [0, 0.05) is 24.5 Å². The van der Waals surface area contributed by atoms with Gasteiger partial charge in [0.25, 0.3) is 11.8 Å². The Morgan fingerprint density at radius 3 is 2.82 bits per heavy atom. The SMILES string of the molecule is Nc1nc(C(=O)N(CCNC(=O)c2cccc3occc23)C2CC2)c(-c2cccc(F)c2)s1. The van der Waals surface area contributed by atoms with Crippen molar-refractivity contribution in [1.82, 2.24) is 15.2 Å². The van der Waals surface area contributed by atoms with E-state index in [1.807, 2.05) is 0 Å². The van der Waals surface area contributed by atoms with Crippen molar-refractivity contribution in [3.63, 3.8) is 0 Å². The molecule has 0 bridgehead atoms. The fourth-order valence-corrected chi connectivity index (χ4v) is 4.68. The number of halogens is 1. The number of aromatic nitrogens is 1. The van der Waals surface area contributed by atoms with Crippen LogP contribution >= 0.6 is 11.3 Å². The maximum absolute atomic E-state index is 13.8. The second-order valence-corrected chi connectivity index (χ2v) is 8.89. The normalized spacial score (nSPS) is 13.2. The molecule has 0 unspecified atom stereocenters. The number of carbonyl (C=O) groups is 2. The van der Waals surface area contributed by atoms with Gasteiger partial charge >= 0.3 is 0 Å². The first-order chi connectivity index (χ1) is 16.0. The minimum absolute atomic E-state index is 0.0926. The summed E-state index contributed by atoms with van der Waals surface area (Å²) in [5.41, 5.74) is 7.84. The van der Waals surface area contributed by atoms with Gasteiger partial charge in [0.1, 0.15) is 17.1 Å². The molecule has 2 heterocycles. The molecule has 1 saturated carbocycles. The molecule has 0 spiro atoms. The second-order valence-electron chi connectivity index (χ2n) is 7.86. The molecule has 2 amide bonds. The van der Waals surface area contributed by atoms with Gasteiger partial charge in [-0.2, -0.15) is 0 Å². The van der Waals surface area contributed by atoms with E-state index < -0.39 is 5.82 Å². The molecule has 2 aromatic carbocycles. The van der Waals surface area contributed by atoms with E-state index in [4.69, 9.17) is 10.2 Å². The molecule has 5 rings (SSSR count). The molecule has 7 nitrogen and oxygen atoms in total. The topological polar surface area (TPSA) is 101 Å². The first kappa shape index (κ1) is 21.1. The largest absolute Gasteiger partial charge is 0.464 e. The summed E-state index contributed by atoms with van der Waals surface area (Å²) < 4.78 is 19.1. The van der Waals surface area contributed by atoms with Gasteiger partial charge < -0.3 is 20.4 Å². The monoisotopic (exact) mass is 464 g/mol. The number of anilines is 1. The zero-order valence-corrected chi connectivity index (χ0v) is 18.4. The number of amides is 2. The Hall–Kier alpha value is -3.72. The molecule has 0 atom stereocenters. The lowest BCUT2D eigenvalue weighted by Crippen LogP contribution is -2.40. The van der Waals surface area contributed by atoms with Crippen molar-refractivity contribution in [3.05, 3.63) is 71.9 Å². The number of hydrogen-bond acceptors (Lipinski definition) is 6. The van der Waals surface area contributed by atoms with Crippen LogP contribution in [0.4, 0.5) is 9.52 Å². The fourth-order valence-electron chi connectivity index (χ4n) is 3.86. The van der Waals surface area contributed by atoms with Crippen molar-refractivity contribution in [3.8, 4) is 10.4 Å². The highest BCUT2D eigenvalue weighted by molar-refractivity contribution is 7.19. The minimum atomic E-state index is -0.396. The summed E-state index contributed by atoms with van der Waals surface area (Å²) in [4.78, 5) is 32.6. The van der Waals surface area contributed by atoms with Gasteiger partial charge in [-0.1, -0.05) is 29.5 Å². The van der Waals surface area contributed by atoms with E-state index in [1.54, 1.807) is 47.6 Å². The number of fused-ring (bicyclic) bond motifs is 1. The Kier molecular flexibility index (Phi) is 5.55. The molecule has 0 radical (unpaired) electrons. The maximum atomic E-state index is 13.8. The number of nitrogen functional groups attached to an aromatic ring is 1. The average Bonchev–Trinajstić information content (AvgIpc) is 3.38. The predicted molar refractivity (Wildman–Crippen MR) is 125 cm³/mol. The fraction of sp³-hybridized carbons (Fsp3) is 0.208. The van der Waals surface area contributed by atoms with Gasteiger partial charge in [-0.3, -0.25) is 9.59 Å². The summed E-state index contributed by atoms with van der Waals surface area (Å²) in [7, 11) is 0. The van der Waals surface area contributed by atoms with Crippen LogP contribution in [0, 0.1) is 5.82 Å². The van der Waals surface area contributed by atoms with Crippen LogP contribution in [0.5, 0.6) is 0 Å². The van der Waals surface area contributed by atoms with Crippen LogP contribution in [-0.2, 0) is 0 Å². The van der Waals surface area contributed by atoms with E-state index in [-0.39, 0.29) is 35.2 Å². The Morgan fingerprint density at radius 2 is 2.03 bits per heavy atom. The number of thiazole rings is 1. The van der Waals surface area contributed by atoms with Gasteiger partial charge in [-0.15, -0.1) is 0 Å². The number of rotatable bonds is 7. The van der Waals surface area contributed by atoms with Crippen molar-refractivity contribution < 1.29 is 18.4 Å². The number of carbonyl (C=O) groups excluding carboxylic acids is 2. The smallest absolute Gasteiger partial charge is 0.274 e. The van der Waals surface area contributed by atoms with Crippen LogP contribution in [0.3, 0.4) is 0 Å². The summed E-state index contributed by atoms with van der Waals surface area (Å²) >= 11 is 1.16. The summed E-state index contributed by atoms with van der Waals surface area (Å²) in [6, 6.07) is 13.2. The molecule has 0 aliphatic heterocycles. The summed E-state index contributed by atoms with van der Waals surface area (Å²) in [6.07, 6.45) is 3.33. The number of benzene rings is 2. The highest BCUT2D eigenvalue weighted by Gasteiger charge is 2.35. The van der Waals surface area contributed by atoms with Gasteiger partial charge in [0.05, 0.1) is 16.7 Å². The Morgan fingerprint density at radius 1 is 1.21 bits per heavy atom. The Labute approximate surface area is 193 Å². The van der Waals surface area contributed by atoms with Crippen molar-refractivity contribution in [2.24, 2.45) is 0 Å². The molecule has 1 aliphatic rings. The number of nitrogens with zero attached hydrogens (tertiary/aromatic N) is 2. The molecule has 0 saturated heterocycles. The molecule has 9 heteroatoms. The van der Waals surface area contributed by atoms with Crippen LogP contribution < -0.4 is 11.1 Å². The van der Waals surface area contributed by atoms with Crippen LogP contribution in [0.2, 0.25) is 0 Å². The van der Waals surface area contributed by atoms with E-state index in [2.05, 4.69) is 10.3 Å². The first-order valence-corrected chi connectivity index (χ1v) is 11.4. The number of hydrogen-bond donors (Lipinski definition) is 2. The molecule has 1 fully saturated rings. The second kappa shape index (κ2) is 8.67. The third-order valence-electron chi connectivity index (χ3n) is 5.56. The zero-order valence-electron chi connectivity index (χ0n) is 17.6. The lowest BCUT2D eigenvalue weighted by atomic mass is 10.1. The third-order valence-corrected chi connectivity index (χ3v) is 6.49. The highest BCUT2D eigenvalue weighted by Crippen LogP contribution is 2.35. The van der Waals surface area contributed by atoms with Crippen molar-refractivity contribution >= 4 is 39.3 Å². The summed E-state index contributed by atoms with van der Waals surface area (Å²) in [5.74, 6) is -0.897. The lowest BCUT2D eigenvalue weighted by molar-refractivity contribution is 0.0732. The van der Waals surface area contributed by atoms with Crippen molar-refractivity contribution in [2.75, 3.05) is 18.8 Å². The minimum Gasteiger partial charge on any atom is -0.464 e. The summed E-state index contributed by atoms with van der Waals surface area (Å²) in [6.45, 7) is 0.612. The molecule has 168 valence electrons. The van der Waals surface area contributed by atoms with Crippen LogP contribution in [-0.4, -0.2) is 40.8 Å². The van der Waals surface area contributed by atoms with Gasteiger partial charge in [0.2, 0.25) is 0 Å². The van der Waals surface area contributed by atoms with Gasteiger partial charge in [-0.05, 0) is 48.7 Å². The molecule has 2 aromatic heterocycles. The Bertz CT molecular complexity index is 1340. The van der Waals surface area contributed by atoms with Gasteiger partial charge in [-0.25, -0.2) is 9.37 Å². The predicted octanol–water partition coefficient (Wildman–Crippen LogP) is 4.31. The van der Waals surface area contributed by atoms with Crippen molar-refractivity contribution in [2.45, 2.75) is 18.9 Å². The molecule has 4 aromatic rings. The molecule has 33 heavy (non-hydrogen) atoms. The first-order valence-electron chi connectivity index (χ1n) is 10.6. The number of nitrogens with one attached hydrogen (secondary N) is 1. The summed E-state index contributed by atoms with van der Waals surface area (Å²) in [5, 5.41) is 3.88. The van der Waals surface area contributed by atoms with E-state index in [1.165, 1.54) is 12.1 Å². The standard InChI is InChI=1S/C24H21FN4O3S/c25-15-4-1-3-14(13-15)21-20(28-24(26)33-21)23(31)29(16-7-8-16)11-10-27-22(30)18-5-2-6-19-17(18)9-12-32-19/h1-6,9,12-13,16H,7-8,10-11H2,(H2,26,28)(H,27,30). The molecular formula is C24H21FN4O3S. The van der Waals surface area contributed by atoms with E-state index in [9.17, 15) is 14.0 Å². The number of nitrogens with two attached hydrogens (primary N) is 1. The van der Waals surface area contributed by atoms with Crippen LogP contribution in [0.15, 0.2) is 59.2 Å². The Balaban J connectivity index is 1.32. The quantitative estimate of drug-likeness (QED) is 0.424. The van der Waals surface area contributed by atoms with Crippen molar-refractivity contribution in [1.29, 1.82) is 0 Å². The lowest BCUT2D eigenvalue weighted by Gasteiger charge is -2.22. The van der Waals surface area contributed by atoms with Crippen LogP contribution in [0.25, 0.3) is 21.4 Å². The molecule has 3 N–H and O–H groups in total. The van der Waals surface area contributed by atoms with E-state index in [0.29, 0.717) is 28.1 Å². The van der Waals surface area contributed by atoms with Gasteiger partial charge in [0.15, 0.2) is 5.13 Å². The number of furan rings is 1. The highest BCUT2D eigenvalue weighted by atomic mass is 32.1. The average molecular weight is 465 g/mol. The maximum Gasteiger partial charge on any atom is 0.274 e. The van der Waals surface area contributed by atoms with E-state index in [0.717, 1.165) is 29.6 Å². The molecule has 1 aliphatic carbocycles. The third kappa shape index (κ3) is 4.31. The molecular weight excluding hydrogens is 443 g/mol. The zero-order chi connectivity index (χ0) is 22.9. The van der Waals surface area contributed by atoms with Crippen LogP contribution in [0.1, 0.15) is 33.7 Å². The van der Waals surface area contributed by atoms with E-state index >= 15 is 0 Å².